The maximum absolute atomic E-state index is 13.3. The van der Waals surface area contributed by atoms with Gasteiger partial charge in [0.2, 0.25) is 0 Å². The van der Waals surface area contributed by atoms with Gasteiger partial charge < -0.3 is 5.32 Å². The molecule has 0 aliphatic carbocycles. The number of aryl methyl sites for hydroxylation is 1. The first kappa shape index (κ1) is 25.2. The Balaban J connectivity index is 1.72. The van der Waals surface area contributed by atoms with Crippen molar-refractivity contribution in [3.63, 3.8) is 0 Å². The summed E-state index contributed by atoms with van der Waals surface area (Å²) in [6.07, 6.45) is 0.472. The molecule has 0 fully saturated rings. The quantitative estimate of drug-likeness (QED) is 0.207. The number of hydrogen-bond donors (Lipinski definition) is 1. The predicted octanol–water partition coefficient (Wildman–Crippen LogP) is 6.21. The van der Waals surface area contributed by atoms with Gasteiger partial charge in [-0.25, -0.2) is 4.39 Å². The van der Waals surface area contributed by atoms with Crippen molar-refractivity contribution in [1.29, 1.82) is 0 Å². The van der Waals surface area contributed by atoms with Crippen LogP contribution in [0.3, 0.4) is 0 Å². The molecule has 1 atom stereocenters. The summed E-state index contributed by atoms with van der Waals surface area (Å²) < 4.78 is 15.2. The molecule has 0 spiro atoms. The van der Waals surface area contributed by atoms with E-state index in [2.05, 4.69) is 15.5 Å². The zero-order valence-electron chi connectivity index (χ0n) is 18.9. The van der Waals surface area contributed by atoms with Crippen molar-refractivity contribution in [2.75, 3.05) is 0 Å². The summed E-state index contributed by atoms with van der Waals surface area (Å²) in [7, 11) is 0. The van der Waals surface area contributed by atoms with Gasteiger partial charge in [0.25, 0.3) is 5.91 Å². The molecule has 1 heterocycles. The van der Waals surface area contributed by atoms with Gasteiger partial charge in [0.05, 0.1) is 6.04 Å². The average Bonchev–Trinajstić information content (AvgIpc) is 3.28. The number of rotatable bonds is 9. The fourth-order valence-electron chi connectivity index (χ4n) is 3.56. The Labute approximate surface area is 217 Å². The summed E-state index contributed by atoms with van der Waals surface area (Å²) in [5, 5.41) is 12.5. The molecule has 4 rings (SSSR count). The standard InChI is InChI=1S/C26H23Cl2FN4OS/c1-17-7-13-21(14-8-17)33-24(31-32-26(33)35-16-19-9-11-20(29)12-10-19)22(30-25(34)23(27)28)15-18-5-3-2-4-6-18/h2-14,22-23H,15-16H2,1H3,(H,30,34). The Hall–Kier alpha value is -2.87. The Morgan fingerprint density at radius 1 is 0.971 bits per heavy atom. The lowest BCUT2D eigenvalue weighted by atomic mass is 10.0. The van der Waals surface area contributed by atoms with Crippen molar-refractivity contribution in [2.24, 2.45) is 0 Å². The Kier molecular flexibility index (Phi) is 8.44. The summed E-state index contributed by atoms with van der Waals surface area (Å²) in [5.74, 6) is 0.348. The third-order valence-electron chi connectivity index (χ3n) is 5.34. The molecule has 1 aromatic heterocycles. The van der Waals surface area contributed by atoms with E-state index in [-0.39, 0.29) is 5.82 Å². The zero-order valence-corrected chi connectivity index (χ0v) is 21.2. The lowest BCUT2D eigenvalue weighted by Gasteiger charge is -2.20. The molecule has 0 aliphatic rings. The van der Waals surface area contributed by atoms with Gasteiger partial charge in [0.1, 0.15) is 5.82 Å². The van der Waals surface area contributed by atoms with Crippen molar-refractivity contribution in [3.05, 3.63) is 107 Å². The molecule has 5 nitrogen and oxygen atoms in total. The maximum Gasteiger partial charge on any atom is 0.253 e. The van der Waals surface area contributed by atoms with Crippen LogP contribution in [-0.4, -0.2) is 25.5 Å². The van der Waals surface area contributed by atoms with Crippen LogP contribution in [0, 0.1) is 12.7 Å². The molecule has 1 amide bonds. The van der Waals surface area contributed by atoms with Gasteiger partial charge in [0.15, 0.2) is 15.8 Å². The molecule has 1 N–H and O–H groups in total. The van der Waals surface area contributed by atoms with Crippen LogP contribution in [0.5, 0.6) is 0 Å². The molecule has 0 saturated carbocycles. The van der Waals surface area contributed by atoms with Gasteiger partial charge in [0, 0.05) is 11.4 Å². The lowest BCUT2D eigenvalue weighted by molar-refractivity contribution is -0.120. The van der Waals surface area contributed by atoms with Gasteiger partial charge in [-0.05, 0) is 48.7 Å². The molecule has 0 aliphatic heterocycles. The second kappa shape index (κ2) is 11.7. The SMILES string of the molecule is Cc1ccc(-n2c(SCc3ccc(F)cc3)nnc2C(Cc2ccccc2)NC(=O)C(Cl)Cl)cc1. The second-order valence-corrected chi connectivity index (χ2v) is 10.0. The molecule has 180 valence electrons. The minimum Gasteiger partial charge on any atom is -0.343 e. The normalized spacial score (nSPS) is 12.0. The van der Waals surface area contributed by atoms with Crippen LogP contribution in [0.15, 0.2) is 84.0 Å². The number of nitrogens with zero attached hydrogens (tertiary/aromatic N) is 3. The average molecular weight is 529 g/mol. The number of nitrogens with one attached hydrogen (secondary N) is 1. The molecular formula is C26H23Cl2FN4OS. The summed E-state index contributed by atoms with van der Waals surface area (Å²) in [5.41, 5.74) is 3.94. The van der Waals surface area contributed by atoms with Crippen LogP contribution < -0.4 is 5.32 Å². The Morgan fingerprint density at radius 3 is 2.31 bits per heavy atom. The molecule has 1 unspecified atom stereocenters. The molecule has 35 heavy (non-hydrogen) atoms. The first-order valence-electron chi connectivity index (χ1n) is 10.9. The van der Waals surface area contributed by atoms with Crippen LogP contribution in [0.4, 0.5) is 4.39 Å². The number of carbonyl (C=O) groups excluding carboxylic acids is 1. The number of benzene rings is 3. The van der Waals surface area contributed by atoms with Crippen molar-refractivity contribution >= 4 is 40.9 Å². The third-order valence-corrected chi connectivity index (χ3v) is 6.74. The molecule has 3 aromatic carbocycles. The van der Waals surface area contributed by atoms with E-state index in [1.807, 2.05) is 66.1 Å². The highest BCUT2D eigenvalue weighted by Gasteiger charge is 2.26. The molecule has 0 radical (unpaired) electrons. The summed E-state index contributed by atoms with van der Waals surface area (Å²) in [6.45, 7) is 2.01. The van der Waals surface area contributed by atoms with E-state index in [9.17, 15) is 9.18 Å². The van der Waals surface area contributed by atoms with Crippen LogP contribution in [0.25, 0.3) is 5.69 Å². The number of amides is 1. The maximum atomic E-state index is 13.3. The number of hydrogen-bond acceptors (Lipinski definition) is 4. The highest BCUT2D eigenvalue weighted by atomic mass is 35.5. The van der Waals surface area contributed by atoms with Crippen LogP contribution in [0.1, 0.15) is 28.6 Å². The van der Waals surface area contributed by atoms with E-state index in [0.29, 0.717) is 23.2 Å². The number of alkyl halides is 2. The van der Waals surface area contributed by atoms with Crippen LogP contribution >= 0.6 is 35.0 Å². The van der Waals surface area contributed by atoms with Gasteiger partial charge in [-0.15, -0.1) is 10.2 Å². The van der Waals surface area contributed by atoms with Gasteiger partial charge in [-0.1, -0.05) is 95.1 Å². The summed E-state index contributed by atoms with van der Waals surface area (Å²) in [4.78, 5) is 11.3. The largest absolute Gasteiger partial charge is 0.343 e. The summed E-state index contributed by atoms with van der Waals surface area (Å²) in [6, 6.07) is 23.6. The van der Waals surface area contributed by atoms with Crippen molar-refractivity contribution < 1.29 is 9.18 Å². The topological polar surface area (TPSA) is 59.8 Å². The highest BCUT2D eigenvalue weighted by molar-refractivity contribution is 7.98. The molecule has 9 heteroatoms. The molecule has 0 saturated heterocycles. The van der Waals surface area contributed by atoms with Crippen LogP contribution in [-0.2, 0) is 17.0 Å². The van der Waals surface area contributed by atoms with Crippen molar-refractivity contribution in [1.82, 2.24) is 20.1 Å². The first-order chi connectivity index (χ1) is 16.9. The number of carbonyl (C=O) groups is 1. The van der Waals surface area contributed by atoms with E-state index in [1.165, 1.54) is 23.9 Å². The fraction of sp³-hybridized carbons (Fsp3) is 0.192. The Morgan fingerprint density at radius 2 is 1.66 bits per heavy atom. The third kappa shape index (κ3) is 6.63. The molecule has 4 aromatic rings. The highest BCUT2D eigenvalue weighted by Crippen LogP contribution is 2.29. The van der Waals surface area contributed by atoms with E-state index in [0.717, 1.165) is 22.4 Å². The van der Waals surface area contributed by atoms with Crippen molar-refractivity contribution in [3.8, 4) is 5.69 Å². The van der Waals surface area contributed by atoms with Crippen LogP contribution in [0.2, 0.25) is 0 Å². The van der Waals surface area contributed by atoms with Crippen molar-refractivity contribution in [2.45, 2.75) is 35.1 Å². The predicted molar refractivity (Wildman–Crippen MR) is 139 cm³/mol. The molecular weight excluding hydrogens is 506 g/mol. The van der Waals surface area contributed by atoms with E-state index < -0.39 is 16.8 Å². The minimum atomic E-state index is -1.21. The molecule has 0 bridgehead atoms. The van der Waals surface area contributed by atoms with Gasteiger partial charge in [-0.3, -0.25) is 9.36 Å². The Bertz CT molecular complexity index is 1270. The minimum absolute atomic E-state index is 0.278. The van der Waals surface area contributed by atoms with E-state index >= 15 is 0 Å². The fourth-order valence-corrected chi connectivity index (χ4v) is 4.60. The number of aromatic nitrogens is 3. The lowest BCUT2D eigenvalue weighted by Crippen LogP contribution is -2.35. The van der Waals surface area contributed by atoms with Gasteiger partial charge in [-0.2, -0.15) is 0 Å². The summed E-state index contributed by atoms with van der Waals surface area (Å²) >= 11 is 13.2. The second-order valence-electron chi connectivity index (χ2n) is 7.98. The smallest absolute Gasteiger partial charge is 0.253 e. The van der Waals surface area contributed by atoms with Gasteiger partial charge >= 0.3 is 0 Å². The first-order valence-corrected chi connectivity index (χ1v) is 12.8. The number of halogens is 3. The number of thioether (sulfide) groups is 1. The zero-order chi connectivity index (χ0) is 24.8. The van der Waals surface area contributed by atoms with E-state index in [4.69, 9.17) is 23.2 Å². The monoisotopic (exact) mass is 528 g/mol. The van der Waals surface area contributed by atoms with E-state index in [1.54, 1.807) is 12.1 Å².